The van der Waals surface area contributed by atoms with Crippen LogP contribution in [0.4, 0.5) is 14.5 Å². The lowest BCUT2D eigenvalue weighted by molar-refractivity contribution is 0.0938. The van der Waals surface area contributed by atoms with Gasteiger partial charge in [0.05, 0.1) is 23.0 Å². The molecule has 0 fully saturated rings. The van der Waals surface area contributed by atoms with Gasteiger partial charge in [-0.1, -0.05) is 18.2 Å². The van der Waals surface area contributed by atoms with Crippen molar-refractivity contribution in [1.29, 1.82) is 5.26 Å². The maximum Gasteiger partial charge on any atom is 0.259 e. The van der Waals surface area contributed by atoms with Gasteiger partial charge in [0.2, 0.25) is 5.91 Å². The molecule has 0 radical (unpaired) electrons. The van der Waals surface area contributed by atoms with E-state index in [1.807, 2.05) is 0 Å². The van der Waals surface area contributed by atoms with Gasteiger partial charge < -0.3 is 0 Å². The fraction of sp³-hybridized carbons (Fsp3) is 0.136. The van der Waals surface area contributed by atoms with Crippen molar-refractivity contribution in [3.05, 3.63) is 77.0 Å². The SMILES string of the molecule is CC(=O)n1cc(C)c2c1-c1c(F)cc(F)cc1N(C(=O)c1ccccc1)C2C#N. The van der Waals surface area contributed by atoms with E-state index < -0.39 is 23.6 Å². The van der Waals surface area contributed by atoms with Gasteiger partial charge in [0, 0.05) is 30.3 Å². The summed E-state index contributed by atoms with van der Waals surface area (Å²) in [6.07, 6.45) is 1.50. The molecule has 1 aliphatic heterocycles. The molecule has 2 heterocycles. The number of rotatable bonds is 1. The monoisotopic (exact) mass is 391 g/mol. The highest BCUT2D eigenvalue weighted by Crippen LogP contribution is 2.48. The Bertz CT molecular complexity index is 1210. The predicted molar refractivity (Wildman–Crippen MR) is 102 cm³/mol. The molecule has 5 nitrogen and oxygen atoms in total. The summed E-state index contributed by atoms with van der Waals surface area (Å²) < 4.78 is 30.3. The van der Waals surface area contributed by atoms with Gasteiger partial charge in [-0.05, 0) is 30.7 Å². The van der Waals surface area contributed by atoms with Crippen molar-refractivity contribution in [1.82, 2.24) is 4.57 Å². The Morgan fingerprint density at radius 1 is 1.14 bits per heavy atom. The summed E-state index contributed by atoms with van der Waals surface area (Å²) in [4.78, 5) is 26.5. The molecule has 0 spiro atoms. The van der Waals surface area contributed by atoms with Crippen LogP contribution in [0.5, 0.6) is 0 Å². The fourth-order valence-corrected chi connectivity index (χ4v) is 3.81. The first-order valence-electron chi connectivity index (χ1n) is 8.85. The molecule has 144 valence electrons. The van der Waals surface area contributed by atoms with Crippen LogP contribution in [0.1, 0.15) is 39.2 Å². The first kappa shape index (κ1) is 18.6. The van der Waals surface area contributed by atoms with Crippen LogP contribution in [0.15, 0.2) is 48.7 Å². The molecule has 0 N–H and O–H groups in total. The van der Waals surface area contributed by atoms with Crippen LogP contribution in [0.2, 0.25) is 0 Å². The molecular weight excluding hydrogens is 376 g/mol. The number of hydrogen-bond donors (Lipinski definition) is 0. The van der Waals surface area contributed by atoms with E-state index in [0.717, 1.165) is 11.0 Å². The number of halogens is 2. The number of nitrogens with zero attached hydrogens (tertiary/aromatic N) is 3. The van der Waals surface area contributed by atoms with Crippen LogP contribution in [0, 0.1) is 29.9 Å². The smallest absolute Gasteiger partial charge is 0.259 e. The van der Waals surface area contributed by atoms with Crippen molar-refractivity contribution in [2.75, 3.05) is 4.90 Å². The van der Waals surface area contributed by atoms with E-state index in [9.17, 15) is 23.6 Å². The van der Waals surface area contributed by atoms with Crippen molar-refractivity contribution in [3.63, 3.8) is 0 Å². The van der Waals surface area contributed by atoms with Crippen LogP contribution in [0.25, 0.3) is 11.3 Å². The van der Waals surface area contributed by atoms with Crippen LogP contribution in [-0.4, -0.2) is 16.4 Å². The Kier molecular flexibility index (Phi) is 4.27. The van der Waals surface area contributed by atoms with Crippen molar-refractivity contribution in [3.8, 4) is 17.3 Å². The molecule has 3 aromatic rings. The normalized spacial score (nSPS) is 14.7. The van der Waals surface area contributed by atoms with E-state index in [0.29, 0.717) is 17.2 Å². The zero-order valence-electron chi connectivity index (χ0n) is 15.6. The minimum atomic E-state index is -1.15. The topological polar surface area (TPSA) is 66.1 Å². The fourth-order valence-electron chi connectivity index (χ4n) is 3.81. The van der Waals surface area contributed by atoms with Gasteiger partial charge in [0.25, 0.3) is 5.91 Å². The quantitative estimate of drug-likeness (QED) is 0.608. The molecule has 1 aliphatic rings. The molecule has 2 aromatic carbocycles. The molecule has 29 heavy (non-hydrogen) atoms. The van der Waals surface area contributed by atoms with Crippen molar-refractivity contribution < 1.29 is 18.4 Å². The Labute approximate surface area is 165 Å². The van der Waals surface area contributed by atoms with Gasteiger partial charge in [-0.3, -0.25) is 19.1 Å². The van der Waals surface area contributed by atoms with Crippen molar-refractivity contribution in [2.24, 2.45) is 0 Å². The zero-order chi connectivity index (χ0) is 20.9. The average molecular weight is 391 g/mol. The minimum absolute atomic E-state index is 0.0829. The van der Waals surface area contributed by atoms with Gasteiger partial charge >= 0.3 is 0 Å². The molecule has 7 heteroatoms. The molecule has 1 aromatic heterocycles. The number of aryl methyl sites for hydroxylation is 1. The minimum Gasteiger partial charge on any atom is -0.287 e. The van der Waals surface area contributed by atoms with Crippen LogP contribution < -0.4 is 4.90 Å². The number of carbonyl (C=O) groups is 2. The summed E-state index contributed by atoms with van der Waals surface area (Å²) >= 11 is 0. The van der Waals surface area contributed by atoms with Crippen LogP contribution in [-0.2, 0) is 0 Å². The molecule has 0 aliphatic carbocycles. The number of anilines is 1. The molecule has 1 atom stereocenters. The Morgan fingerprint density at radius 3 is 2.45 bits per heavy atom. The maximum absolute atomic E-state index is 14.9. The molecule has 0 saturated heterocycles. The molecular formula is C22H15F2N3O2. The van der Waals surface area contributed by atoms with E-state index in [2.05, 4.69) is 6.07 Å². The van der Waals surface area contributed by atoms with Gasteiger partial charge in [-0.15, -0.1) is 0 Å². The third-order valence-corrected chi connectivity index (χ3v) is 5.01. The lowest BCUT2D eigenvalue weighted by atomic mass is 9.90. The Hall–Kier alpha value is -3.79. The van der Waals surface area contributed by atoms with Gasteiger partial charge in [0.15, 0.2) is 6.04 Å². The maximum atomic E-state index is 14.9. The second kappa shape index (κ2) is 6.67. The second-order valence-electron chi connectivity index (χ2n) is 6.82. The van der Waals surface area contributed by atoms with Crippen LogP contribution >= 0.6 is 0 Å². The van der Waals surface area contributed by atoms with Crippen molar-refractivity contribution in [2.45, 2.75) is 19.9 Å². The third kappa shape index (κ3) is 2.72. The summed E-state index contributed by atoms with van der Waals surface area (Å²) in [6.45, 7) is 2.99. The lowest BCUT2D eigenvalue weighted by Crippen LogP contribution is -2.38. The highest BCUT2D eigenvalue weighted by atomic mass is 19.1. The van der Waals surface area contributed by atoms with E-state index >= 15 is 0 Å². The summed E-state index contributed by atoms with van der Waals surface area (Å²) in [5.41, 5.74) is 1.19. The Balaban J connectivity index is 2.08. The zero-order valence-corrected chi connectivity index (χ0v) is 15.6. The van der Waals surface area contributed by atoms with E-state index in [-0.39, 0.29) is 28.4 Å². The molecule has 0 saturated carbocycles. The van der Waals surface area contributed by atoms with Gasteiger partial charge in [-0.2, -0.15) is 5.26 Å². The summed E-state index contributed by atoms with van der Waals surface area (Å²) in [6, 6.07) is 10.8. The molecule has 0 bridgehead atoms. The molecule has 1 unspecified atom stereocenters. The molecule has 4 rings (SSSR count). The number of amides is 1. The second-order valence-corrected chi connectivity index (χ2v) is 6.82. The van der Waals surface area contributed by atoms with E-state index in [4.69, 9.17) is 0 Å². The summed E-state index contributed by atoms with van der Waals surface area (Å²) in [7, 11) is 0. The number of nitriles is 1. The number of benzene rings is 2. The van der Waals surface area contributed by atoms with Crippen molar-refractivity contribution >= 4 is 17.5 Å². The number of fused-ring (bicyclic) bond motifs is 3. The lowest BCUT2D eigenvalue weighted by Gasteiger charge is -2.34. The van der Waals surface area contributed by atoms with E-state index in [1.165, 1.54) is 17.7 Å². The molecule has 1 amide bonds. The predicted octanol–water partition coefficient (Wildman–Crippen LogP) is 4.63. The average Bonchev–Trinajstić information content (AvgIpc) is 3.04. The van der Waals surface area contributed by atoms with Gasteiger partial charge in [-0.25, -0.2) is 8.78 Å². The first-order valence-corrected chi connectivity index (χ1v) is 8.85. The number of hydrogen-bond acceptors (Lipinski definition) is 3. The van der Waals surface area contributed by atoms with Crippen LogP contribution in [0.3, 0.4) is 0 Å². The highest BCUT2D eigenvalue weighted by molar-refractivity contribution is 6.11. The third-order valence-electron chi connectivity index (χ3n) is 5.01. The summed E-state index contributed by atoms with van der Waals surface area (Å²) in [5.74, 6) is -2.75. The first-order chi connectivity index (χ1) is 13.8. The Morgan fingerprint density at radius 2 is 1.83 bits per heavy atom. The largest absolute Gasteiger partial charge is 0.287 e. The van der Waals surface area contributed by atoms with Gasteiger partial charge in [0.1, 0.15) is 11.6 Å². The summed E-state index contributed by atoms with van der Waals surface area (Å²) in [5, 5.41) is 9.91. The highest BCUT2D eigenvalue weighted by Gasteiger charge is 2.41. The standard InChI is InChI=1S/C22H15F2N3O2/c1-12-11-26(13(2)28)21-19(12)18(10-25)27(22(29)14-6-4-3-5-7-14)17-9-15(23)8-16(24)20(17)21/h3-9,11,18H,1-2H3. The number of aromatic nitrogens is 1. The van der Waals surface area contributed by atoms with E-state index in [1.54, 1.807) is 37.3 Å². The number of carbonyl (C=O) groups excluding carboxylic acids is 2.